The first-order valence-electron chi connectivity index (χ1n) is 7.85. The van der Waals surface area contributed by atoms with Crippen LogP contribution in [-0.2, 0) is 9.59 Å². The second kappa shape index (κ2) is 5.38. The summed E-state index contributed by atoms with van der Waals surface area (Å²) in [6.45, 7) is 8.07. The second-order valence-corrected chi connectivity index (χ2v) is 7.30. The Labute approximate surface area is 131 Å². The van der Waals surface area contributed by atoms with Crippen molar-refractivity contribution in [3.63, 3.8) is 0 Å². The van der Waals surface area contributed by atoms with Crippen molar-refractivity contribution < 1.29 is 9.59 Å². The van der Waals surface area contributed by atoms with Crippen LogP contribution in [0.5, 0.6) is 0 Å². The van der Waals surface area contributed by atoms with Gasteiger partial charge in [-0.15, -0.1) is 0 Å². The highest BCUT2D eigenvalue weighted by atomic mass is 16.2. The summed E-state index contributed by atoms with van der Waals surface area (Å²) in [5.74, 6) is 0.422. The average molecular weight is 301 g/mol. The quantitative estimate of drug-likeness (QED) is 0.834. The normalized spacial score (nSPS) is 22.9. The van der Waals surface area contributed by atoms with Crippen molar-refractivity contribution in [3.05, 3.63) is 30.1 Å². The summed E-state index contributed by atoms with van der Waals surface area (Å²) < 4.78 is 0. The van der Waals surface area contributed by atoms with E-state index in [-0.39, 0.29) is 23.3 Å². The number of aromatic nitrogens is 1. The predicted octanol–water partition coefficient (Wildman–Crippen LogP) is 1.65. The summed E-state index contributed by atoms with van der Waals surface area (Å²) in [7, 11) is 0. The van der Waals surface area contributed by atoms with Crippen molar-refractivity contribution in [2.45, 2.75) is 38.6 Å². The summed E-state index contributed by atoms with van der Waals surface area (Å²) >= 11 is 0. The summed E-state index contributed by atoms with van der Waals surface area (Å²) in [6.07, 6.45) is 3.98. The first-order chi connectivity index (χ1) is 10.4. The highest BCUT2D eigenvalue weighted by molar-refractivity contribution is 5.90. The molecule has 5 heteroatoms. The van der Waals surface area contributed by atoms with Gasteiger partial charge in [0, 0.05) is 49.9 Å². The molecule has 0 bridgehead atoms. The van der Waals surface area contributed by atoms with Gasteiger partial charge >= 0.3 is 0 Å². The minimum absolute atomic E-state index is 0.0928. The van der Waals surface area contributed by atoms with Gasteiger partial charge in [-0.2, -0.15) is 0 Å². The molecule has 0 saturated carbocycles. The molecule has 0 aromatic carbocycles. The number of amides is 2. The number of likely N-dealkylation sites (tertiary alicyclic amines) is 2. The zero-order chi connectivity index (χ0) is 15.9. The number of nitrogens with zero attached hydrogens (tertiary/aromatic N) is 3. The molecule has 2 fully saturated rings. The Morgan fingerprint density at radius 1 is 1.27 bits per heavy atom. The maximum atomic E-state index is 12.6. The van der Waals surface area contributed by atoms with Crippen molar-refractivity contribution in [2.75, 3.05) is 19.6 Å². The summed E-state index contributed by atoms with van der Waals surface area (Å²) in [6, 6.07) is 3.98. The van der Waals surface area contributed by atoms with E-state index >= 15 is 0 Å². The van der Waals surface area contributed by atoms with Gasteiger partial charge in [-0.3, -0.25) is 14.6 Å². The molecule has 0 spiro atoms. The van der Waals surface area contributed by atoms with Gasteiger partial charge in [0.05, 0.1) is 5.92 Å². The molecule has 1 aromatic heterocycles. The minimum atomic E-state index is -0.209. The molecular weight excluding hydrogens is 278 g/mol. The van der Waals surface area contributed by atoms with Gasteiger partial charge < -0.3 is 9.80 Å². The molecule has 118 valence electrons. The van der Waals surface area contributed by atoms with Crippen molar-refractivity contribution in [2.24, 2.45) is 5.92 Å². The topological polar surface area (TPSA) is 53.5 Å². The van der Waals surface area contributed by atoms with E-state index in [1.807, 2.05) is 42.8 Å². The summed E-state index contributed by atoms with van der Waals surface area (Å²) in [4.78, 5) is 32.5. The number of carbonyl (C=O) groups is 2. The monoisotopic (exact) mass is 301 g/mol. The number of hydrogen-bond acceptors (Lipinski definition) is 3. The van der Waals surface area contributed by atoms with Gasteiger partial charge in [0.15, 0.2) is 0 Å². The Morgan fingerprint density at radius 3 is 2.55 bits per heavy atom. The van der Waals surface area contributed by atoms with Crippen LogP contribution in [0.4, 0.5) is 0 Å². The molecule has 22 heavy (non-hydrogen) atoms. The Morgan fingerprint density at radius 2 is 2.00 bits per heavy atom. The third-order valence-electron chi connectivity index (χ3n) is 4.63. The largest absolute Gasteiger partial charge is 0.341 e. The predicted molar refractivity (Wildman–Crippen MR) is 83.1 cm³/mol. The third-order valence-corrected chi connectivity index (χ3v) is 4.63. The molecule has 0 aliphatic carbocycles. The smallest absolute Gasteiger partial charge is 0.228 e. The maximum Gasteiger partial charge on any atom is 0.228 e. The van der Waals surface area contributed by atoms with E-state index in [9.17, 15) is 9.59 Å². The van der Waals surface area contributed by atoms with E-state index in [0.29, 0.717) is 18.9 Å². The Balaban J connectivity index is 1.57. The van der Waals surface area contributed by atoms with E-state index in [1.165, 1.54) is 5.56 Å². The lowest BCUT2D eigenvalue weighted by atomic mass is 9.91. The molecule has 0 radical (unpaired) electrons. The molecule has 1 aromatic rings. The first kappa shape index (κ1) is 15.0. The number of hydrogen-bond donors (Lipinski definition) is 0. The maximum absolute atomic E-state index is 12.6. The highest BCUT2D eigenvalue weighted by Crippen LogP contribution is 2.32. The lowest BCUT2D eigenvalue weighted by Gasteiger charge is -2.41. The van der Waals surface area contributed by atoms with Gasteiger partial charge in [-0.25, -0.2) is 0 Å². The van der Waals surface area contributed by atoms with E-state index in [2.05, 4.69) is 11.1 Å². The second-order valence-electron chi connectivity index (χ2n) is 7.30. The fourth-order valence-electron chi connectivity index (χ4n) is 3.27. The summed E-state index contributed by atoms with van der Waals surface area (Å²) in [5, 5.41) is 0. The Bertz CT molecular complexity index is 573. The molecule has 1 atom stereocenters. The van der Waals surface area contributed by atoms with Crippen LogP contribution in [0.3, 0.4) is 0 Å². The van der Waals surface area contributed by atoms with Gasteiger partial charge in [0.2, 0.25) is 11.8 Å². The third kappa shape index (κ3) is 2.72. The molecule has 3 rings (SSSR count). The lowest BCUT2D eigenvalue weighted by Crippen LogP contribution is -2.51. The van der Waals surface area contributed by atoms with Crippen LogP contribution in [-0.4, -0.2) is 51.8 Å². The van der Waals surface area contributed by atoms with Gasteiger partial charge in [0.1, 0.15) is 0 Å². The van der Waals surface area contributed by atoms with Crippen LogP contribution in [0.2, 0.25) is 0 Å². The fourth-order valence-corrected chi connectivity index (χ4v) is 3.27. The van der Waals surface area contributed by atoms with Crippen molar-refractivity contribution >= 4 is 11.8 Å². The van der Waals surface area contributed by atoms with Crippen LogP contribution >= 0.6 is 0 Å². The Kier molecular flexibility index (Phi) is 3.67. The fraction of sp³-hybridized carbons (Fsp3) is 0.588. The van der Waals surface area contributed by atoms with Crippen molar-refractivity contribution in [3.8, 4) is 0 Å². The zero-order valence-corrected chi connectivity index (χ0v) is 13.5. The SMILES string of the molecule is CC(C)(C)N1C[C@@H](C(=O)N2CC(c3cccnc3)C2)CC1=O. The highest BCUT2D eigenvalue weighted by Gasteiger charge is 2.43. The van der Waals surface area contributed by atoms with E-state index in [4.69, 9.17) is 0 Å². The molecule has 3 heterocycles. The van der Waals surface area contributed by atoms with Crippen LogP contribution in [0, 0.1) is 5.92 Å². The number of pyridine rings is 1. The van der Waals surface area contributed by atoms with Crippen molar-refractivity contribution in [1.29, 1.82) is 0 Å². The molecule has 0 N–H and O–H groups in total. The molecule has 2 aliphatic heterocycles. The molecule has 5 nitrogen and oxygen atoms in total. The van der Waals surface area contributed by atoms with E-state index in [0.717, 1.165) is 13.1 Å². The number of carbonyl (C=O) groups excluding carboxylic acids is 2. The average Bonchev–Trinajstić information content (AvgIpc) is 2.80. The minimum Gasteiger partial charge on any atom is -0.341 e. The van der Waals surface area contributed by atoms with Crippen LogP contribution < -0.4 is 0 Å². The standard InChI is InChI=1S/C17H23N3O2/c1-17(2,3)20-11-13(7-15(20)21)16(22)19-9-14(10-19)12-5-4-6-18-8-12/h4-6,8,13-14H,7,9-11H2,1-3H3/t13-/m0/s1. The van der Waals surface area contributed by atoms with E-state index in [1.54, 1.807) is 6.20 Å². The van der Waals surface area contributed by atoms with Crippen molar-refractivity contribution in [1.82, 2.24) is 14.8 Å². The van der Waals surface area contributed by atoms with Crippen LogP contribution in [0.15, 0.2) is 24.5 Å². The first-order valence-corrected chi connectivity index (χ1v) is 7.85. The van der Waals surface area contributed by atoms with Crippen LogP contribution in [0.1, 0.15) is 38.7 Å². The molecule has 0 unspecified atom stereocenters. The number of rotatable bonds is 2. The van der Waals surface area contributed by atoms with Gasteiger partial charge in [-0.05, 0) is 32.4 Å². The van der Waals surface area contributed by atoms with Gasteiger partial charge in [-0.1, -0.05) is 6.07 Å². The van der Waals surface area contributed by atoms with E-state index < -0.39 is 0 Å². The van der Waals surface area contributed by atoms with Gasteiger partial charge in [0.25, 0.3) is 0 Å². The summed E-state index contributed by atoms with van der Waals surface area (Å²) in [5.41, 5.74) is 0.977. The molecule has 2 aliphatic rings. The Hall–Kier alpha value is -1.91. The molecular formula is C17H23N3O2. The molecule has 2 saturated heterocycles. The molecule has 2 amide bonds. The van der Waals surface area contributed by atoms with Crippen LogP contribution in [0.25, 0.3) is 0 Å². The zero-order valence-electron chi connectivity index (χ0n) is 13.5. The lowest BCUT2D eigenvalue weighted by molar-refractivity contribution is -0.140.